The Balaban J connectivity index is 1.35. The van der Waals surface area contributed by atoms with Crippen LogP contribution in [0.1, 0.15) is 0 Å². The van der Waals surface area contributed by atoms with Crippen LogP contribution in [0.3, 0.4) is 0 Å². The maximum Gasteiger partial charge on any atom is 0.265 e. The molecule has 3 aromatic carbocycles. The van der Waals surface area contributed by atoms with Crippen molar-refractivity contribution >= 4 is 38.9 Å². The van der Waals surface area contributed by atoms with Crippen LogP contribution >= 0.6 is 11.6 Å². The van der Waals surface area contributed by atoms with E-state index in [9.17, 15) is 13.2 Å². The Morgan fingerprint density at radius 1 is 0.917 bits per heavy atom. The van der Waals surface area contributed by atoms with Crippen molar-refractivity contribution in [2.45, 2.75) is 11.0 Å². The van der Waals surface area contributed by atoms with Crippen molar-refractivity contribution in [3.63, 3.8) is 0 Å². The van der Waals surface area contributed by atoms with Crippen molar-refractivity contribution < 1.29 is 22.7 Å². The van der Waals surface area contributed by atoms with Gasteiger partial charge in [-0.25, -0.2) is 8.42 Å². The molecule has 0 saturated carbocycles. The third kappa shape index (κ3) is 4.56. The second-order valence-electron chi connectivity index (χ2n) is 8.55. The highest BCUT2D eigenvalue weighted by Crippen LogP contribution is 2.37. The molecule has 188 valence electrons. The van der Waals surface area contributed by atoms with Crippen molar-refractivity contribution in [2.75, 3.05) is 49.0 Å². The minimum atomic E-state index is -3.94. The zero-order valence-corrected chi connectivity index (χ0v) is 21.3. The van der Waals surface area contributed by atoms with Gasteiger partial charge < -0.3 is 19.3 Å². The molecule has 0 radical (unpaired) electrons. The van der Waals surface area contributed by atoms with Crippen molar-refractivity contribution in [3.05, 3.63) is 77.8 Å². The van der Waals surface area contributed by atoms with Crippen molar-refractivity contribution in [1.82, 2.24) is 4.90 Å². The zero-order valence-electron chi connectivity index (χ0n) is 19.7. The minimum absolute atomic E-state index is 0.0974. The van der Waals surface area contributed by atoms with Gasteiger partial charge in [-0.1, -0.05) is 35.9 Å². The molecule has 3 aromatic rings. The molecule has 0 aliphatic carbocycles. The highest BCUT2D eigenvalue weighted by molar-refractivity contribution is 7.92. The number of rotatable bonds is 5. The lowest BCUT2D eigenvalue weighted by molar-refractivity contribution is -0.138. The fourth-order valence-electron chi connectivity index (χ4n) is 4.55. The van der Waals surface area contributed by atoms with Crippen LogP contribution in [0, 0.1) is 0 Å². The molecule has 8 nitrogen and oxygen atoms in total. The number of piperazine rings is 1. The number of halogens is 1. The number of carbonyl (C=O) groups is 1. The number of benzene rings is 3. The van der Waals surface area contributed by atoms with Gasteiger partial charge in [0, 0.05) is 31.2 Å². The summed E-state index contributed by atoms with van der Waals surface area (Å²) in [6, 6.07) is 20.6. The van der Waals surface area contributed by atoms with Crippen molar-refractivity contribution in [3.8, 4) is 11.5 Å². The predicted molar refractivity (Wildman–Crippen MR) is 139 cm³/mol. The summed E-state index contributed by atoms with van der Waals surface area (Å²) < 4.78 is 39.9. The maximum absolute atomic E-state index is 13.5. The molecule has 0 unspecified atom stereocenters. The van der Waals surface area contributed by atoms with Crippen LogP contribution in [0.4, 0.5) is 11.4 Å². The molecule has 1 fully saturated rings. The van der Waals surface area contributed by atoms with Gasteiger partial charge in [-0.2, -0.15) is 0 Å². The van der Waals surface area contributed by atoms with Crippen LogP contribution in [-0.4, -0.2) is 65.2 Å². The first kappa shape index (κ1) is 24.3. The summed E-state index contributed by atoms with van der Waals surface area (Å²) in [5.74, 6) is 0.903. The van der Waals surface area contributed by atoms with E-state index in [0.717, 1.165) is 11.4 Å². The zero-order chi connectivity index (χ0) is 25.3. The molecule has 1 amide bonds. The molecule has 1 saturated heterocycles. The Morgan fingerprint density at radius 2 is 1.56 bits per heavy atom. The third-order valence-corrected chi connectivity index (χ3v) is 8.47. The second kappa shape index (κ2) is 9.91. The normalized spacial score (nSPS) is 17.8. The molecule has 1 atom stereocenters. The van der Waals surface area contributed by atoms with Gasteiger partial charge in [-0.15, -0.1) is 0 Å². The van der Waals surface area contributed by atoms with E-state index < -0.39 is 16.1 Å². The molecule has 0 spiro atoms. The first-order valence-corrected chi connectivity index (χ1v) is 13.4. The van der Waals surface area contributed by atoms with Crippen LogP contribution in [0.15, 0.2) is 77.7 Å². The van der Waals surface area contributed by atoms with Gasteiger partial charge in [0.25, 0.3) is 15.9 Å². The summed E-state index contributed by atoms with van der Waals surface area (Å²) in [5, 5.41) is 0.441. The molecule has 5 rings (SSSR count). The molecular formula is C26H26ClN3O5S. The number of anilines is 2. The molecule has 2 aliphatic rings. The second-order valence-corrected chi connectivity index (χ2v) is 10.8. The molecule has 0 N–H and O–H groups in total. The average molecular weight is 528 g/mol. The molecule has 0 bridgehead atoms. The Labute approximate surface area is 215 Å². The van der Waals surface area contributed by atoms with Crippen molar-refractivity contribution in [2.24, 2.45) is 0 Å². The SMILES string of the molecule is COc1ccccc1N1CCN(C(=O)[C@@H]2CN(S(=O)(=O)c3ccc(Cl)cc3)c3ccccc3O2)CC1. The monoisotopic (exact) mass is 527 g/mol. The number of fused-ring (bicyclic) bond motifs is 1. The smallest absolute Gasteiger partial charge is 0.265 e. The van der Waals surface area contributed by atoms with Crippen LogP contribution in [0.5, 0.6) is 11.5 Å². The average Bonchev–Trinajstić information content (AvgIpc) is 2.92. The van der Waals surface area contributed by atoms with E-state index in [0.29, 0.717) is 42.6 Å². The molecular weight excluding hydrogens is 502 g/mol. The summed E-state index contributed by atoms with van der Waals surface area (Å²) >= 11 is 5.96. The highest BCUT2D eigenvalue weighted by atomic mass is 35.5. The number of sulfonamides is 1. The quantitative estimate of drug-likeness (QED) is 0.504. The predicted octanol–water partition coefficient (Wildman–Crippen LogP) is 3.65. The van der Waals surface area contributed by atoms with E-state index in [-0.39, 0.29) is 17.3 Å². The molecule has 2 aliphatic heterocycles. The number of para-hydroxylation sites is 4. The van der Waals surface area contributed by atoms with Gasteiger partial charge in [-0.05, 0) is 48.5 Å². The van der Waals surface area contributed by atoms with Gasteiger partial charge in [0.2, 0.25) is 0 Å². The lowest BCUT2D eigenvalue weighted by Gasteiger charge is -2.40. The summed E-state index contributed by atoms with van der Waals surface area (Å²) in [7, 11) is -2.30. The number of hydrogen-bond acceptors (Lipinski definition) is 6. The number of ether oxygens (including phenoxy) is 2. The van der Waals surface area contributed by atoms with Gasteiger partial charge in [-0.3, -0.25) is 9.10 Å². The van der Waals surface area contributed by atoms with E-state index in [1.165, 1.54) is 28.6 Å². The standard InChI is InChI=1S/C26H26ClN3O5S/c1-34-23-8-4-2-6-21(23)28-14-16-29(17-15-28)26(31)25-18-30(22-7-3-5-9-24(22)35-25)36(32,33)20-12-10-19(27)11-13-20/h2-13,25H,14-18H2,1H3/t25-/m0/s1. The summed E-state index contributed by atoms with van der Waals surface area (Å²) in [6.07, 6.45) is -0.959. The maximum atomic E-state index is 13.5. The number of nitrogens with zero attached hydrogens (tertiary/aromatic N) is 3. The van der Waals surface area contributed by atoms with E-state index in [1.54, 1.807) is 36.3 Å². The molecule has 10 heteroatoms. The van der Waals surface area contributed by atoms with E-state index >= 15 is 0 Å². The number of methoxy groups -OCH3 is 1. The van der Waals surface area contributed by atoms with Gasteiger partial charge in [0.15, 0.2) is 6.10 Å². The van der Waals surface area contributed by atoms with E-state index in [2.05, 4.69) is 4.90 Å². The lowest BCUT2D eigenvalue weighted by atomic mass is 10.2. The Kier molecular flexibility index (Phi) is 6.68. The first-order chi connectivity index (χ1) is 17.4. The van der Waals surface area contributed by atoms with Gasteiger partial charge in [0.1, 0.15) is 11.5 Å². The molecule has 36 heavy (non-hydrogen) atoms. The van der Waals surface area contributed by atoms with Crippen molar-refractivity contribution in [1.29, 1.82) is 0 Å². The minimum Gasteiger partial charge on any atom is -0.495 e. The summed E-state index contributed by atoms with van der Waals surface area (Å²) in [5.41, 5.74) is 1.38. The fraction of sp³-hybridized carbons (Fsp3) is 0.269. The molecule has 2 heterocycles. The van der Waals surface area contributed by atoms with Crippen LogP contribution in [-0.2, 0) is 14.8 Å². The number of carbonyl (C=O) groups excluding carboxylic acids is 1. The number of hydrogen-bond donors (Lipinski definition) is 0. The first-order valence-electron chi connectivity index (χ1n) is 11.6. The van der Waals surface area contributed by atoms with E-state index in [1.807, 2.05) is 24.3 Å². The topological polar surface area (TPSA) is 79.4 Å². The fourth-order valence-corrected chi connectivity index (χ4v) is 6.16. The van der Waals surface area contributed by atoms with Gasteiger partial charge in [0.05, 0.1) is 29.9 Å². The van der Waals surface area contributed by atoms with Crippen LogP contribution in [0.2, 0.25) is 5.02 Å². The molecule has 0 aromatic heterocycles. The Bertz CT molecular complexity index is 1360. The van der Waals surface area contributed by atoms with Gasteiger partial charge >= 0.3 is 0 Å². The Morgan fingerprint density at radius 3 is 2.25 bits per heavy atom. The Hall–Kier alpha value is -3.43. The lowest BCUT2D eigenvalue weighted by Crippen LogP contribution is -2.56. The largest absolute Gasteiger partial charge is 0.495 e. The van der Waals surface area contributed by atoms with E-state index in [4.69, 9.17) is 21.1 Å². The summed E-state index contributed by atoms with van der Waals surface area (Å²) in [4.78, 5) is 17.5. The van der Waals surface area contributed by atoms with Crippen LogP contribution in [0.25, 0.3) is 0 Å². The highest BCUT2D eigenvalue weighted by Gasteiger charge is 2.39. The third-order valence-electron chi connectivity index (χ3n) is 6.43. The summed E-state index contributed by atoms with van der Waals surface area (Å²) in [6.45, 7) is 2.11. The van der Waals surface area contributed by atoms with Crippen LogP contribution < -0.4 is 18.7 Å². The number of amides is 1.